The van der Waals surface area contributed by atoms with E-state index in [1.807, 2.05) is 0 Å². The predicted molar refractivity (Wildman–Crippen MR) is 388 cm³/mol. The molecule has 12 aliphatic rings. The first-order chi connectivity index (χ1) is 44.2. The Morgan fingerprint density at radius 2 is 0.289 bits per heavy atom. The predicted octanol–water partition coefficient (Wildman–Crippen LogP) is 17.1. The summed E-state index contributed by atoms with van der Waals surface area (Å²) in [5, 5.41) is 0. The number of unbranched alkanes of at least 4 members (excludes halogenated alkanes) is 36. The molecule has 1 aromatic carbocycles. The van der Waals surface area contributed by atoms with Gasteiger partial charge in [-0.2, -0.15) is 0 Å². The van der Waals surface area contributed by atoms with Crippen LogP contribution in [0.25, 0.3) is 0 Å². The fourth-order valence-electron chi connectivity index (χ4n) is 20.5. The third kappa shape index (κ3) is 23.6. The van der Waals surface area contributed by atoms with Crippen LogP contribution in [0.2, 0.25) is 0 Å². The Labute approximate surface area is 561 Å². The molecule has 12 saturated heterocycles. The van der Waals surface area contributed by atoms with E-state index >= 15 is 0 Å². The average molecular weight is 1260 g/mol. The molecule has 8 bridgehead atoms. The molecule has 0 amide bonds. The van der Waals surface area contributed by atoms with Crippen molar-refractivity contribution in [3.63, 3.8) is 0 Å². The number of rotatable bonds is 54. The van der Waals surface area contributed by atoms with Gasteiger partial charge in [-0.1, -0.05) is 218 Å². The summed E-state index contributed by atoms with van der Waals surface area (Å²) < 4.78 is 11.7. The Morgan fingerprint density at radius 3 is 0.433 bits per heavy atom. The van der Waals surface area contributed by atoms with Gasteiger partial charge in [-0.3, -0.25) is 0 Å². The minimum atomic E-state index is 1.28. The smallest absolute Gasteiger partial charge is 0.129 e. The first kappa shape index (κ1) is 73.2. The molecule has 0 aromatic heterocycles. The number of hydrogen-bond donors (Lipinski definition) is 0. The number of fused-ring (bicyclic) bond motifs is 12. The fourth-order valence-corrected chi connectivity index (χ4v) is 20.5. The standard InChI is InChI=1S/C82H158N8/c1-3-5-7-9-11-13-15-17-19-21-23-25-27-29-31-37-49-83-57-63-85(64-58-83,65-59-83)51-39-33-35-41-53-87-69-75-89(76-70-87,77-71-87)55-47-81-43-45-82(46-44-81)48-56-90-78-72-88(73-79-90,74-80-90)54-42-36-34-40-52-86-66-60-84(61-67-86,62-68-86)50-38-32-30-28-26-24-22-20-18-16-14-12-10-8-6-4-2/h43-46H,3-42,47-80H2,1-2H3/q+8. The van der Waals surface area contributed by atoms with E-state index in [1.165, 1.54) is 515 Å². The van der Waals surface area contributed by atoms with Gasteiger partial charge < -0.3 is 35.9 Å². The van der Waals surface area contributed by atoms with Gasteiger partial charge in [0.15, 0.2) is 0 Å². The summed E-state index contributed by atoms with van der Waals surface area (Å²) in [5.41, 5.74) is 3.19. The fraction of sp³-hybridized carbons (Fsp3) is 0.927. The molecule has 8 nitrogen and oxygen atoms in total. The molecule has 12 fully saturated rings. The van der Waals surface area contributed by atoms with Crippen molar-refractivity contribution in [2.75, 3.05) is 209 Å². The molecule has 12 heterocycles. The van der Waals surface area contributed by atoms with Crippen LogP contribution in [-0.4, -0.2) is 245 Å². The van der Waals surface area contributed by atoms with Gasteiger partial charge in [0.1, 0.15) is 157 Å². The second-order valence-corrected chi connectivity index (χ2v) is 34.6. The van der Waals surface area contributed by atoms with E-state index < -0.39 is 0 Å². The highest BCUT2D eigenvalue weighted by Gasteiger charge is 2.52. The van der Waals surface area contributed by atoms with E-state index in [4.69, 9.17) is 0 Å². The van der Waals surface area contributed by atoms with Crippen LogP contribution in [0.4, 0.5) is 0 Å². The molecule has 12 aliphatic heterocycles. The van der Waals surface area contributed by atoms with E-state index in [2.05, 4.69) is 38.1 Å². The minimum absolute atomic E-state index is 1.28. The van der Waals surface area contributed by atoms with Gasteiger partial charge in [-0.15, -0.1) is 0 Å². The molecule has 90 heavy (non-hydrogen) atoms. The maximum atomic E-state index is 2.53. The van der Waals surface area contributed by atoms with Gasteiger partial charge in [0.25, 0.3) is 0 Å². The van der Waals surface area contributed by atoms with Crippen molar-refractivity contribution in [3.05, 3.63) is 35.4 Å². The van der Waals surface area contributed by atoms with E-state index in [0.29, 0.717) is 0 Å². The summed E-state index contributed by atoms with van der Waals surface area (Å²) in [7, 11) is 0. The van der Waals surface area contributed by atoms with Crippen LogP contribution in [0, 0.1) is 0 Å². The lowest BCUT2D eigenvalue weighted by Crippen LogP contribution is -2.75. The lowest BCUT2D eigenvalue weighted by molar-refractivity contribution is -1.08. The van der Waals surface area contributed by atoms with E-state index in [9.17, 15) is 0 Å². The molecule has 8 heteroatoms. The third-order valence-corrected chi connectivity index (χ3v) is 28.4. The minimum Gasteiger partial charge on any atom is -0.310 e. The molecule has 0 aliphatic carbocycles. The van der Waals surface area contributed by atoms with Gasteiger partial charge in [0.2, 0.25) is 0 Å². The lowest BCUT2D eigenvalue weighted by Gasteiger charge is -2.56. The molecule has 0 saturated carbocycles. The van der Waals surface area contributed by atoms with Crippen LogP contribution in [0.1, 0.15) is 282 Å². The van der Waals surface area contributed by atoms with Crippen molar-refractivity contribution in [1.82, 2.24) is 0 Å². The van der Waals surface area contributed by atoms with Crippen molar-refractivity contribution in [2.24, 2.45) is 0 Å². The van der Waals surface area contributed by atoms with Crippen molar-refractivity contribution < 1.29 is 35.9 Å². The zero-order valence-corrected chi connectivity index (χ0v) is 61.2. The number of piperazine rings is 12. The van der Waals surface area contributed by atoms with Crippen LogP contribution in [0.15, 0.2) is 24.3 Å². The lowest BCUT2D eigenvalue weighted by atomic mass is 10.0. The molecule has 0 spiro atoms. The first-order valence-corrected chi connectivity index (χ1v) is 42.1. The second-order valence-electron chi connectivity index (χ2n) is 34.6. The number of hydrogen-bond acceptors (Lipinski definition) is 0. The quantitative estimate of drug-likeness (QED) is 0.0450. The molecular weight excluding hydrogens is 1100 g/mol. The van der Waals surface area contributed by atoms with Gasteiger partial charge in [0, 0.05) is 12.8 Å². The monoisotopic (exact) mass is 1260 g/mol. The molecule has 0 N–H and O–H groups in total. The van der Waals surface area contributed by atoms with Crippen molar-refractivity contribution in [2.45, 2.75) is 284 Å². The van der Waals surface area contributed by atoms with Crippen molar-refractivity contribution in [3.8, 4) is 0 Å². The Kier molecular flexibility index (Phi) is 31.5. The maximum absolute atomic E-state index is 2.53. The SMILES string of the molecule is CCCCCCCCCCCCCCCCCC[N+]12CC[N+](CCCCCC[N+]34CC[N+](CCc5ccc(CC[N+]67CC[N+](CCCCCC[N+]89CC[N+](CCCCCCCCCCCCCCCCCC)(CC8)CC9)(CC6)CC7)cc5)(CC3)CC4)(CC1)CC2. The summed E-state index contributed by atoms with van der Waals surface area (Å²) in [6.07, 6.45) is 61.7. The highest BCUT2D eigenvalue weighted by Crippen LogP contribution is 2.33. The summed E-state index contributed by atoms with van der Waals surface area (Å²) in [6, 6.07) is 10.1. The molecule has 518 valence electrons. The van der Waals surface area contributed by atoms with Crippen LogP contribution in [0.3, 0.4) is 0 Å². The number of benzene rings is 1. The molecule has 0 unspecified atom stereocenters. The molecule has 1 aromatic rings. The zero-order chi connectivity index (χ0) is 62.3. The largest absolute Gasteiger partial charge is 0.310 e. The second kappa shape index (κ2) is 38.7. The Morgan fingerprint density at radius 1 is 0.167 bits per heavy atom. The van der Waals surface area contributed by atoms with Crippen molar-refractivity contribution in [1.29, 1.82) is 0 Å². The zero-order valence-electron chi connectivity index (χ0n) is 61.2. The first-order valence-electron chi connectivity index (χ1n) is 42.1. The van der Waals surface area contributed by atoms with Crippen molar-refractivity contribution >= 4 is 0 Å². The summed E-state index contributed by atoms with van der Waals surface area (Å²) in [6.45, 7) is 51.6. The van der Waals surface area contributed by atoms with E-state index in [0.717, 1.165) is 0 Å². The summed E-state index contributed by atoms with van der Waals surface area (Å²) in [5.74, 6) is 0. The van der Waals surface area contributed by atoms with Gasteiger partial charge in [-0.05, 0) is 88.2 Å². The Balaban J connectivity index is 0.531. The van der Waals surface area contributed by atoms with Gasteiger partial charge in [0.05, 0.1) is 52.4 Å². The van der Waals surface area contributed by atoms with E-state index in [1.54, 1.807) is 11.1 Å². The topological polar surface area (TPSA) is 0 Å². The van der Waals surface area contributed by atoms with Crippen LogP contribution in [0.5, 0.6) is 0 Å². The summed E-state index contributed by atoms with van der Waals surface area (Å²) >= 11 is 0. The average Bonchev–Trinajstić information content (AvgIpc) is 2.78. The Bertz CT molecular complexity index is 1810. The Hall–Kier alpha value is -1.10. The third-order valence-electron chi connectivity index (χ3n) is 28.4. The molecule has 0 radical (unpaired) electrons. The highest BCUT2D eigenvalue weighted by molar-refractivity contribution is 5.23. The van der Waals surface area contributed by atoms with E-state index in [-0.39, 0.29) is 0 Å². The maximum Gasteiger partial charge on any atom is 0.129 e. The van der Waals surface area contributed by atoms with Crippen LogP contribution in [-0.2, 0) is 12.8 Å². The van der Waals surface area contributed by atoms with Gasteiger partial charge in [-0.25, -0.2) is 0 Å². The number of nitrogens with zero attached hydrogens (tertiary/aromatic N) is 8. The number of quaternary nitrogens is 8. The highest BCUT2D eigenvalue weighted by atomic mass is 15.6. The van der Waals surface area contributed by atoms with Crippen LogP contribution >= 0.6 is 0 Å². The van der Waals surface area contributed by atoms with Gasteiger partial charge >= 0.3 is 0 Å². The molecule has 0 atom stereocenters. The normalized spacial score (nSPS) is 31.0. The molecule has 13 rings (SSSR count). The molecular formula is C82H158N8+8. The summed E-state index contributed by atoms with van der Waals surface area (Å²) in [4.78, 5) is 0. The van der Waals surface area contributed by atoms with Crippen LogP contribution < -0.4 is 0 Å².